The lowest BCUT2D eigenvalue weighted by Crippen LogP contribution is -2.60. The first-order chi connectivity index (χ1) is 11.3. The van der Waals surface area contributed by atoms with E-state index in [1.165, 1.54) is 0 Å². The van der Waals surface area contributed by atoms with E-state index in [-0.39, 0.29) is 0 Å². The molecule has 0 aliphatic carbocycles. The summed E-state index contributed by atoms with van der Waals surface area (Å²) < 4.78 is 19.3. The van der Waals surface area contributed by atoms with Crippen LogP contribution in [0.4, 0.5) is 0 Å². The number of hydrogen-bond donors (Lipinski definition) is 0. The van der Waals surface area contributed by atoms with Crippen LogP contribution in [0.2, 0.25) is 45.8 Å². The first kappa shape index (κ1) is 22.3. The Morgan fingerprint density at radius 1 is 0.960 bits per heavy atom. The summed E-state index contributed by atoms with van der Waals surface area (Å²) in [6.07, 6.45) is 0.858. The van der Waals surface area contributed by atoms with Crippen molar-refractivity contribution >= 4 is 36.7 Å². The Kier molecular flexibility index (Phi) is 7.41. The zero-order chi connectivity index (χ0) is 19.5. The van der Waals surface area contributed by atoms with Gasteiger partial charge in [0.2, 0.25) is 0 Å². The minimum Gasteiger partial charge on any atom is -0.493 e. The summed E-state index contributed by atoms with van der Waals surface area (Å²) in [6, 6.07) is 5.70. The zero-order valence-corrected chi connectivity index (χ0v) is 20.2. The number of ether oxygens (including phenoxy) is 1. The van der Waals surface area contributed by atoms with Crippen LogP contribution in [-0.2, 0) is 8.23 Å². The van der Waals surface area contributed by atoms with E-state index < -0.39 is 25.2 Å². The second kappa shape index (κ2) is 8.30. The highest BCUT2D eigenvalue weighted by Crippen LogP contribution is 2.26. The van der Waals surface area contributed by atoms with Gasteiger partial charge in [-0.25, -0.2) is 0 Å². The quantitative estimate of drug-likeness (QED) is 0.453. The van der Waals surface area contributed by atoms with Crippen LogP contribution in [0.25, 0.3) is 0 Å². The fourth-order valence-electron chi connectivity index (χ4n) is 2.72. The lowest BCUT2D eigenvalue weighted by Gasteiger charge is -2.39. The van der Waals surface area contributed by atoms with Gasteiger partial charge in [0.25, 0.3) is 0 Å². The highest BCUT2D eigenvalue weighted by Gasteiger charge is 2.44. The van der Waals surface area contributed by atoms with Crippen LogP contribution in [0.15, 0.2) is 18.2 Å². The second-order valence-corrected chi connectivity index (χ2v) is 21.4. The Morgan fingerprint density at radius 2 is 1.48 bits per heavy atom. The number of benzene rings is 1. The zero-order valence-electron chi connectivity index (χ0n) is 17.2. The van der Waals surface area contributed by atoms with Crippen LogP contribution in [0.3, 0.4) is 0 Å². The van der Waals surface area contributed by atoms with Crippen molar-refractivity contribution in [2.45, 2.75) is 59.7 Å². The Balaban J connectivity index is 3.49. The molecule has 0 spiro atoms. The molecule has 1 aromatic carbocycles. The van der Waals surface area contributed by atoms with E-state index in [9.17, 15) is 4.79 Å². The van der Waals surface area contributed by atoms with Crippen LogP contribution >= 0.6 is 0 Å². The molecule has 1 aromatic rings. The third-order valence-corrected chi connectivity index (χ3v) is 12.6. The molecule has 7 heteroatoms. The molecule has 0 fully saturated rings. The van der Waals surface area contributed by atoms with Crippen molar-refractivity contribution in [2.75, 3.05) is 6.61 Å². The minimum atomic E-state index is -2.72. The molecule has 0 aliphatic heterocycles. The van der Waals surface area contributed by atoms with Gasteiger partial charge < -0.3 is 13.0 Å². The number of para-hydroxylation sites is 1. The van der Waals surface area contributed by atoms with Crippen molar-refractivity contribution in [2.24, 2.45) is 5.92 Å². The fraction of sp³-hybridized carbons (Fsp3) is 0.611. The predicted octanol–water partition coefficient (Wildman–Crippen LogP) is 4.52. The van der Waals surface area contributed by atoms with Gasteiger partial charge in [0.05, 0.1) is 12.2 Å². The lowest BCUT2D eigenvalue weighted by molar-refractivity contribution is 0.111. The summed E-state index contributed by atoms with van der Waals surface area (Å²) >= 11 is 0. The molecule has 0 heterocycles. The maximum atomic E-state index is 11.6. The van der Waals surface area contributed by atoms with E-state index in [1.807, 2.05) is 12.1 Å². The first-order valence-electron chi connectivity index (χ1n) is 8.89. The summed E-state index contributed by atoms with van der Waals surface area (Å²) in [4.78, 5) is 11.6. The Labute approximate surface area is 156 Å². The van der Waals surface area contributed by atoms with E-state index in [0.717, 1.165) is 11.5 Å². The molecular formula is C18H34O4Si3. The summed E-state index contributed by atoms with van der Waals surface area (Å²) in [6.45, 7) is 19.9. The highest BCUT2D eigenvalue weighted by molar-refractivity contribution is 6.94. The molecule has 0 radical (unpaired) electrons. The van der Waals surface area contributed by atoms with Gasteiger partial charge in [-0.05, 0) is 57.8 Å². The van der Waals surface area contributed by atoms with Gasteiger partial charge in [0.15, 0.2) is 22.9 Å². The molecule has 0 unspecified atom stereocenters. The van der Waals surface area contributed by atoms with Crippen molar-refractivity contribution in [3.05, 3.63) is 23.8 Å². The Bertz CT molecular complexity index is 573. The van der Waals surface area contributed by atoms with Gasteiger partial charge in [0, 0.05) is 5.19 Å². The smallest absolute Gasteiger partial charge is 0.352 e. The third-order valence-electron chi connectivity index (χ3n) is 3.22. The Morgan fingerprint density at radius 3 is 1.88 bits per heavy atom. The molecule has 0 saturated heterocycles. The van der Waals surface area contributed by atoms with Crippen LogP contribution < -0.4 is 9.92 Å². The average Bonchev–Trinajstić information content (AvgIpc) is 2.40. The van der Waals surface area contributed by atoms with Crippen LogP contribution in [0.1, 0.15) is 24.2 Å². The molecule has 0 saturated carbocycles. The van der Waals surface area contributed by atoms with Crippen molar-refractivity contribution in [3.8, 4) is 5.75 Å². The van der Waals surface area contributed by atoms with E-state index in [4.69, 9.17) is 13.0 Å². The topological polar surface area (TPSA) is 44.8 Å². The van der Waals surface area contributed by atoms with E-state index >= 15 is 0 Å². The fourth-order valence-corrected chi connectivity index (χ4v) is 14.5. The van der Waals surface area contributed by atoms with Crippen LogP contribution in [0, 0.1) is 5.92 Å². The van der Waals surface area contributed by atoms with Crippen LogP contribution in [-0.4, -0.2) is 38.1 Å². The maximum absolute atomic E-state index is 11.6. The number of rotatable bonds is 9. The van der Waals surface area contributed by atoms with Crippen molar-refractivity contribution in [3.63, 3.8) is 0 Å². The third kappa shape index (κ3) is 7.18. The summed E-state index contributed by atoms with van der Waals surface area (Å²) in [7, 11) is -6.43. The average molecular weight is 399 g/mol. The number of carbonyl (C=O) groups excluding carboxylic acids is 1. The van der Waals surface area contributed by atoms with E-state index in [0.29, 0.717) is 23.8 Å². The highest BCUT2D eigenvalue weighted by atomic mass is 28.5. The summed E-state index contributed by atoms with van der Waals surface area (Å²) in [5.74, 6) is 1.01. The van der Waals surface area contributed by atoms with E-state index in [1.54, 1.807) is 6.07 Å². The van der Waals surface area contributed by atoms with E-state index in [2.05, 4.69) is 59.7 Å². The van der Waals surface area contributed by atoms with Crippen LogP contribution in [0.5, 0.6) is 5.75 Å². The lowest BCUT2D eigenvalue weighted by atomic mass is 10.2. The number of hydrogen-bond acceptors (Lipinski definition) is 4. The SMILES string of the molecule is CC(C)COc1c(C=O)cccc1[Si](C)(O[Si](C)(C)C)O[Si](C)(C)C. The minimum absolute atomic E-state index is 0.372. The van der Waals surface area contributed by atoms with Gasteiger partial charge in [-0.2, -0.15) is 0 Å². The first-order valence-corrected chi connectivity index (χ1v) is 18.0. The normalized spacial score (nSPS) is 13.2. The molecule has 1 rings (SSSR count). The summed E-state index contributed by atoms with van der Waals surface area (Å²) in [5, 5.41) is 0.933. The molecule has 4 nitrogen and oxygen atoms in total. The number of aldehydes is 1. The largest absolute Gasteiger partial charge is 0.493 e. The maximum Gasteiger partial charge on any atom is 0.352 e. The molecule has 0 N–H and O–H groups in total. The molecule has 0 atom stereocenters. The summed E-state index contributed by atoms with van der Waals surface area (Å²) in [5.41, 5.74) is 0.565. The number of carbonyl (C=O) groups is 1. The molecule has 0 aromatic heterocycles. The van der Waals surface area contributed by atoms with Crippen molar-refractivity contribution in [1.82, 2.24) is 0 Å². The molecule has 0 bridgehead atoms. The van der Waals surface area contributed by atoms with Gasteiger partial charge in [-0.1, -0.05) is 26.0 Å². The van der Waals surface area contributed by atoms with Gasteiger partial charge in [0.1, 0.15) is 5.75 Å². The molecule has 142 valence electrons. The second-order valence-electron chi connectivity index (χ2n) is 8.92. The van der Waals surface area contributed by atoms with Crippen molar-refractivity contribution in [1.29, 1.82) is 0 Å². The molecular weight excluding hydrogens is 364 g/mol. The molecule has 0 aliphatic rings. The van der Waals surface area contributed by atoms with Gasteiger partial charge in [-0.15, -0.1) is 0 Å². The predicted molar refractivity (Wildman–Crippen MR) is 112 cm³/mol. The van der Waals surface area contributed by atoms with Gasteiger partial charge in [-0.3, -0.25) is 4.79 Å². The standard InChI is InChI=1S/C18H34O4Si3/c1-15(2)14-20-18-16(13-19)11-10-12-17(18)25(9,21-23(3,4)5)22-24(6,7)8/h10-13,15H,14H2,1-9H3. The Hall–Kier alpha value is -0.739. The monoisotopic (exact) mass is 398 g/mol. The molecule has 0 amide bonds. The van der Waals surface area contributed by atoms with Gasteiger partial charge >= 0.3 is 8.56 Å². The molecule has 25 heavy (non-hydrogen) atoms. The van der Waals surface area contributed by atoms with Crippen molar-refractivity contribution < 1.29 is 17.8 Å².